The van der Waals surface area contributed by atoms with Gasteiger partial charge in [0.15, 0.2) is 0 Å². The third-order valence-corrected chi connectivity index (χ3v) is 5.86. The van der Waals surface area contributed by atoms with Crippen LogP contribution in [0.4, 0.5) is 5.69 Å². The molecule has 0 amide bonds. The molecule has 1 unspecified atom stereocenters. The lowest BCUT2D eigenvalue weighted by atomic mass is 10.2. The highest BCUT2D eigenvalue weighted by molar-refractivity contribution is 7.89. The SMILES string of the molecule is COc1ccc(Oc2ccc3c(c2)S(=O)(=O)NC2CCCN32)cc1. The molecule has 0 saturated carbocycles. The Morgan fingerprint density at radius 1 is 1.08 bits per heavy atom. The predicted octanol–water partition coefficient (Wildman–Crippen LogP) is 2.71. The average molecular weight is 346 g/mol. The number of nitrogens with zero attached hydrogens (tertiary/aromatic N) is 1. The van der Waals surface area contributed by atoms with Gasteiger partial charge in [0, 0.05) is 12.6 Å². The topological polar surface area (TPSA) is 67.9 Å². The third kappa shape index (κ3) is 2.59. The first-order valence-electron chi connectivity index (χ1n) is 7.82. The van der Waals surface area contributed by atoms with Crippen LogP contribution in [0.2, 0.25) is 0 Å². The van der Waals surface area contributed by atoms with Crippen LogP contribution in [0.15, 0.2) is 47.4 Å². The Bertz CT molecular complexity index is 865. The maximum absolute atomic E-state index is 12.5. The number of hydrogen-bond donors (Lipinski definition) is 1. The summed E-state index contributed by atoms with van der Waals surface area (Å²) in [6.45, 7) is 0.860. The molecule has 2 aliphatic rings. The van der Waals surface area contributed by atoms with Crippen LogP contribution in [-0.2, 0) is 10.0 Å². The van der Waals surface area contributed by atoms with E-state index in [9.17, 15) is 8.42 Å². The van der Waals surface area contributed by atoms with Gasteiger partial charge in [0.2, 0.25) is 10.0 Å². The molecule has 1 N–H and O–H groups in total. The summed E-state index contributed by atoms with van der Waals surface area (Å²) in [5.74, 6) is 1.84. The van der Waals surface area contributed by atoms with Crippen LogP contribution in [0.25, 0.3) is 0 Å². The Hall–Kier alpha value is -2.25. The number of nitrogens with one attached hydrogen (secondary N) is 1. The van der Waals surface area contributed by atoms with Gasteiger partial charge in [-0.2, -0.15) is 4.72 Å². The number of methoxy groups -OCH3 is 1. The van der Waals surface area contributed by atoms with E-state index < -0.39 is 10.0 Å². The highest BCUT2D eigenvalue weighted by atomic mass is 32.2. The summed E-state index contributed by atoms with van der Waals surface area (Å²) >= 11 is 0. The molecule has 2 aromatic carbocycles. The van der Waals surface area contributed by atoms with Crippen LogP contribution < -0.4 is 19.1 Å². The fraction of sp³-hybridized carbons (Fsp3) is 0.294. The zero-order chi connectivity index (χ0) is 16.7. The van der Waals surface area contributed by atoms with Gasteiger partial charge in [-0.25, -0.2) is 8.42 Å². The van der Waals surface area contributed by atoms with Crippen LogP contribution in [0.5, 0.6) is 17.2 Å². The van der Waals surface area contributed by atoms with E-state index in [1.165, 1.54) is 0 Å². The second kappa shape index (κ2) is 5.68. The van der Waals surface area contributed by atoms with Crippen LogP contribution in [0.3, 0.4) is 0 Å². The normalized spacial score (nSPS) is 21.0. The van der Waals surface area contributed by atoms with Gasteiger partial charge >= 0.3 is 0 Å². The van der Waals surface area contributed by atoms with E-state index >= 15 is 0 Å². The molecule has 0 aliphatic carbocycles. The molecule has 2 aliphatic heterocycles. The highest BCUT2D eigenvalue weighted by Gasteiger charge is 2.37. The number of benzene rings is 2. The van der Waals surface area contributed by atoms with Gasteiger partial charge < -0.3 is 14.4 Å². The number of rotatable bonds is 3. The molecule has 0 spiro atoms. The molecule has 0 aromatic heterocycles. The molecule has 24 heavy (non-hydrogen) atoms. The lowest BCUT2D eigenvalue weighted by molar-refractivity contribution is 0.413. The molecule has 4 rings (SSSR count). The number of fused-ring (bicyclic) bond motifs is 3. The maximum atomic E-state index is 12.5. The van der Waals surface area contributed by atoms with Crippen molar-refractivity contribution in [2.45, 2.75) is 23.9 Å². The van der Waals surface area contributed by atoms with E-state index in [1.807, 2.05) is 6.07 Å². The van der Waals surface area contributed by atoms with Crippen molar-refractivity contribution in [2.24, 2.45) is 0 Å². The van der Waals surface area contributed by atoms with Gasteiger partial charge in [-0.1, -0.05) is 0 Å². The number of anilines is 1. The van der Waals surface area contributed by atoms with E-state index in [1.54, 1.807) is 43.5 Å². The minimum atomic E-state index is -3.51. The molecule has 1 fully saturated rings. The van der Waals surface area contributed by atoms with Gasteiger partial charge in [-0.3, -0.25) is 0 Å². The van der Waals surface area contributed by atoms with Gasteiger partial charge in [0.05, 0.1) is 19.0 Å². The van der Waals surface area contributed by atoms with Gasteiger partial charge in [-0.05, 0) is 49.2 Å². The van der Waals surface area contributed by atoms with Crippen molar-refractivity contribution in [3.63, 3.8) is 0 Å². The zero-order valence-electron chi connectivity index (χ0n) is 13.2. The van der Waals surface area contributed by atoms with Gasteiger partial charge in [-0.15, -0.1) is 0 Å². The number of ether oxygens (including phenoxy) is 2. The Kier molecular flexibility index (Phi) is 3.62. The first-order valence-corrected chi connectivity index (χ1v) is 9.30. The van der Waals surface area contributed by atoms with Crippen LogP contribution in [0, 0.1) is 0 Å². The van der Waals surface area contributed by atoms with E-state index in [0.717, 1.165) is 30.8 Å². The molecular formula is C17H18N2O4S. The van der Waals surface area contributed by atoms with Crippen molar-refractivity contribution in [2.75, 3.05) is 18.6 Å². The van der Waals surface area contributed by atoms with Crippen LogP contribution >= 0.6 is 0 Å². The zero-order valence-corrected chi connectivity index (χ0v) is 14.0. The van der Waals surface area contributed by atoms with E-state index in [0.29, 0.717) is 11.5 Å². The van der Waals surface area contributed by atoms with Crippen LogP contribution in [0.1, 0.15) is 12.8 Å². The first kappa shape index (κ1) is 15.3. The number of sulfonamides is 1. The summed E-state index contributed by atoms with van der Waals surface area (Å²) < 4.78 is 38.6. The Morgan fingerprint density at radius 2 is 1.79 bits per heavy atom. The Labute approximate surface area is 141 Å². The maximum Gasteiger partial charge on any atom is 0.244 e. The second-order valence-corrected chi connectivity index (χ2v) is 7.56. The molecule has 2 heterocycles. The van der Waals surface area contributed by atoms with E-state index in [4.69, 9.17) is 9.47 Å². The first-order chi connectivity index (χ1) is 11.6. The summed E-state index contributed by atoms with van der Waals surface area (Å²) in [4.78, 5) is 2.37. The van der Waals surface area contributed by atoms with Gasteiger partial charge in [0.25, 0.3) is 0 Å². The fourth-order valence-corrected chi connectivity index (χ4v) is 4.67. The molecule has 0 bridgehead atoms. The summed E-state index contributed by atoms with van der Waals surface area (Å²) in [7, 11) is -1.91. The van der Waals surface area contributed by atoms with Crippen molar-refractivity contribution in [1.82, 2.24) is 4.72 Å². The highest BCUT2D eigenvalue weighted by Crippen LogP contribution is 2.38. The smallest absolute Gasteiger partial charge is 0.244 e. The molecule has 6 nitrogen and oxygen atoms in total. The predicted molar refractivity (Wildman–Crippen MR) is 90.2 cm³/mol. The minimum absolute atomic E-state index is 0.129. The van der Waals surface area contributed by atoms with E-state index in [-0.39, 0.29) is 11.1 Å². The summed E-state index contributed by atoms with van der Waals surface area (Å²) in [6, 6.07) is 12.4. The third-order valence-electron chi connectivity index (χ3n) is 4.37. The van der Waals surface area contributed by atoms with Crippen molar-refractivity contribution in [3.8, 4) is 17.2 Å². The molecule has 7 heteroatoms. The summed E-state index contributed by atoms with van der Waals surface area (Å²) in [5, 5.41) is 0. The molecule has 0 radical (unpaired) electrons. The molecule has 1 saturated heterocycles. The van der Waals surface area contributed by atoms with Crippen molar-refractivity contribution in [1.29, 1.82) is 0 Å². The monoisotopic (exact) mass is 346 g/mol. The fourth-order valence-electron chi connectivity index (χ4n) is 3.21. The molecule has 2 aromatic rings. The van der Waals surface area contributed by atoms with Gasteiger partial charge in [0.1, 0.15) is 22.1 Å². The quantitative estimate of drug-likeness (QED) is 0.925. The minimum Gasteiger partial charge on any atom is -0.497 e. The van der Waals surface area contributed by atoms with Crippen molar-refractivity contribution >= 4 is 15.7 Å². The Morgan fingerprint density at radius 3 is 2.54 bits per heavy atom. The molecular weight excluding hydrogens is 328 g/mol. The summed E-state index contributed by atoms with van der Waals surface area (Å²) in [6.07, 6.45) is 1.69. The van der Waals surface area contributed by atoms with Crippen molar-refractivity contribution < 1.29 is 17.9 Å². The van der Waals surface area contributed by atoms with Crippen LogP contribution in [-0.4, -0.2) is 28.2 Å². The lowest BCUT2D eigenvalue weighted by Gasteiger charge is -2.33. The Balaban J connectivity index is 1.67. The van der Waals surface area contributed by atoms with Crippen molar-refractivity contribution in [3.05, 3.63) is 42.5 Å². The standard InChI is InChI=1S/C17H18N2O4S/c1-22-12-4-6-13(7-5-12)23-14-8-9-15-16(11-14)24(20,21)18-17-3-2-10-19(15)17/h4-9,11,17-18H,2-3,10H2,1H3. The van der Waals surface area contributed by atoms with E-state index in [2.05, 4.69) is 9.62 Å². The molecule has 1 atom stereocenters. The number of hydrogen-bond acceptors (Lipinski definition) is 5. The second-order valence-electron chi connectivity index (χ2n) is 5.88. The molecule has 126 valence electrons. The average Bonchev–Trinajstić information content (AvgIpc) is 3.03. The largest absolute Gasteiger partial charge is 0.497 e. The lowest BCUT2D eigenvalue weighted by Crippen LogP contribution is -2.48. The summed E-state index contributed by atoms with van der Waals surface area (Å²) in [5.41, 5.74) is 0.748.